The normalized spacial score (nSPS) is 31.8. The van der Waals surface area contributed by atoms with E-state index in [0.717, 1.165) is 25.7 Å². The Morgan fingerprint density at radius 1 is 1.25 bits per heavy atom. The molecular formula is C9H17NO2. The van der Waals surface area contributed by atoms with Crippen molar-refractivity contribution in [2.75, 3.05) is 0 Å². The molecule has 1 aliphatic carbocycles. The van der Waals surface area contributed by atoms with Crippen LogP contribution >= 0.6 is 0 Å². The first-order valence-electron chi connectivity index (χ1n) is 4.67. The summed E-state index contributed by atoms with van der Waals surface area (Å²) in [5.74, 6) is 0. The van der Waals surface area contributed by atoms with E-state index in [2.05, 4.69) is 0 Å². The van der Waals surface area contributed by atoms with Gasteiger partial charge in [-0.25, -0.2) is 0 Å². The standard InChI is InChI=1S/C9H17NO2/c10-8-4-2-1-3-5-9(6-8)12-7-11/h7-9H,1-6,10H2. The van der Waals surface area contributed by atoms with Crippen molar-refractivity contribution < 1.29 is 9.53 Å². The molecule has 0 saturated heterocycles. The number of rotatable bonds is 2. The Hall–Kier alpha value is -0.570. The van der Waals surface area contributed by atoms with Crippen LogP contribution < -0.4 is 5.73 Å². The summed E-state index contributed by atoms with van der Waals surface area (Å²) in [5, 5.41) is 0. The Morgan fingerprint density at radius 3 is 2.75 bits per heavy atom. The van der Waals surface area contributed by atoms with E-state index in [1.165, 1.54) is 12.8 Å². The first-order valence-corrected chi connectivity index (χ1v) is 4.67. The highest BCUT2D eigenvalue weighted by atomic mass is 16.5. The topological polar surface area (TPSA) is 52.3 Å². The molecule has 0 aromatic heterocycles. The maximum Gasteiger partial charge on any atom is 0.293 e. The minimum Gasteiger partial charge on any atom is -0.465 e. The zero-order valence-electron chi connectivity index (χ0n) is 7.37. The van der Waals surface area contributed by atoms with Gasteiger partial charge in [-0.15, -0.1) is 0 Å². The summed E-state index contributed by atoms with van der Waals surface area (Å²) in [4.78, 5) is 10.1. The van der Waals surface area contributed by atoms with Gasteiger partial charge in [-0.1, -0.05) is 12.8 Å². The minimum atomic E-state index is 0.0674. The van der Waals surface area contributed by atoms with Crippen molar-refractivity contribution in [1.29, 1.82) is 0 Å². The molecule has 2 atom stereocenters. The molecule has 70 valence electrons. The fourth-order valence-corrected chi connectivity index (χ4v) is 1.73. The highest BCUT2D eigenvalue weighted by molar-refractivity contribution is 5.37. The molecule has 1 rings (SSSR count). The third-order valence-electron chi connectivity index (χ3n) is 2.41. The molecule has 0 aliphatic heterocycles. The van der Waals surface area contributed by atoms with E-state index in [-0.39, 0.29) is 12.1 Å². The van der Waals surface area contributed by atoms with Gasteiger partial charge in [-0.3, -0.25) is 4.79 Å². The van der Waals surface area contributed by atoms with Crippen molar-refractivity contribution in [2.24, 2.45) is 5.73 Å². The maximum absolute atomic E-state index is 10.1. The zero-order valence-corrected chi connectivity index (χ0v) is 7.37. The Kier molecular flexibility index (Phi) is 4.08. The number of ether oxygens (including phenoxy) is 1. The predicted octanol–water partition coefficient (Wildman–Crippen LogP) is 1.21. The summed E-state index contributed by atoms with van der Waals surface area (Å²) in [6, 6.07) is 0.218. The highest BCUT2D eigenvalue weighted by Gasteiger charge is 2.16. The van der Waals surface area contributed by atoms with Gasteiger partial charge in [0.1, 0.15) is 6.10 Å². The van der Waals surface area contributed by atoms with Gasteiger partial charge in [0.25, 0.3) is 6.47 Å². The number of nitrogens with two attached hydrogens (primary N) is 1. The number of hydrogen-bond acceptors (Lipinski definition) is 3. The zero-order chi connectivity index (χ0) is 8.81. The molecule has 0 spiro atoms. The monoisotopic (exact) mass is 171 g/mol. The molecule has 1 saturated carbocycles. The molecule has 2 N–H and O–H groups in total. The van der Waals surface area contributed by atoms with Gasteiger partial charge in [0, 0.05) is 6.04 Å². The van der Waals surface area contributed by atoms with E-state index in [9.17, 15) is 4.79 Å². The molecule has 0 amide bonds. The van der Waals surface area contributed by atoms with Crippen molar-refractivity contribution in [1.82, 2.24) is 0 Å². The smallest absolute Gasteiger partial charge is 0.293 e. The van der Waals surface area contributed by atoms with E-state index in [0.29, 0.717) is 6.47 Å². The molecule has 0 aromatic rings. The van der Waals surface area contributed by atoms with Crippen LogP contribution in [0.2, 0.25) is 0 Å². The van der Waals surface area contributed by atoms with Crippen LogP contribution in [0.5, 0.6) is 0 Å². The van der Waals surface area contributed by atoms with Crippen molar-refractivity contribution >= 4 is 6.47 Å². The van der Waals surface area contributed by atoms with Gasteiger partial charge in [0.15, 0.2) is 0 Å². The van der Waals surface area contributed by atoms with Crippen molar-refractivity contribution in [2.45, 2.75) is 50.7 Å². The fraction of sp³-hybridized carbons (Fsp3) is 0.889. The number of hydrogen-bond donors (Lipinski definition) is 1. The van der Waals surface area contributed by atoms with Crippen molar-refractivity contribution in [3.8, 4) is 0 Å². The summed E-state index contributed by atoms with van der Waals surface area (Å²) in [6.07, 6.45) is 6.54. The maximum atomic E-state index is 10.1. The molecule has 1 aliphatic rings. The van der Waals surface area contributed by atoms with Crippen LogP contribution in [0.3, 0.4) is 0 Å². The van der Waals surface area contributed by atoms with Crippen LogP contribution in [0.1, 0.15) is 38.5 Å². The Labute approximate surface area is 73.3 Å². The molecule has 0 heterocycles. The molecule has 2 unspecified atom stereocenters. The summed E-state index contributed by atoms with van der Waals surface area (Å²) in [6.45, 7) is 0.541. The first-order chi connectivity index (χ1) is 5.83. The summed E-state index contributed by atoms with van der Waals surface area (Å²) in [7, 11) is 0. The van der Waals surface area contributed by atoms with E-state index in [1.807, 2.05) is 0 Å². The van der Waals surface area contributed by atoms with Crippen LogP contribution in [0, 0.1) is 0 Å². The predicted molar refractivity (Wildman–Crippen MR) is 46.6 cm³/mol. The lowest BCUT2D eigenvalue weighted by Gasteiger charge is -2.22. The number of carbonyl (C=O) groups is 1. The van der Waals surface area contributed by atoms with E-state index >= 15 is 0 Å². The first kappa shape index (κ1) is 9.52. The second kappa shape index (κ2) is 5.14. The van der Waals surface area contributed by atoms with Crippen LogP contribution in [-0.4, -0.2) is 18.6 Å². The van der Waals surface area contributed by atoms with Gasteiger partial charge >= 0.3 is 0 Å². The molecule has 0 aromatic carbocycles. The van der Waals surface area contributed by atoms with Crippen LogP contribution in [-0.2, 0) is 9.53 Å². The molecule has 0 bridgehead atoms. The number of carbonyl (C=O) groups excluding carboxylic acids is 1. The van der Waals surface area contributed by atoms with Crippen LogP contribution in [0.15, 0.2) is 0 Å². The Balaban J connectivity index is 2.32. The van der Waals surface area contributed by atoms with Gasteiger partial charge in [0.2, 0.25) is 0 Å². The Morgan fingerprint density at radius 2 is 2.00 bits per heavy atom. The molecule has 3 nitrogen and oxygen atoms in total. The third-order valence-corrected chi connectivity index (χ3v) is 2.41. The largest absolute Gasteiger partial charge is 0.465 e. The summed E-state index contributed by atoms with van der Waals surface area (Å²) < 4.78 is 4.93. The molecule has 1 fully saturated rings. The minimum absolute atomic E-state index is 0.0674. The molecule has 0 radical (unpaired) electrons. The van der Waals surface area contributed by atoms with Crippen LogP contribution in [0.4, 0.5) is 0 Å². The van der Waals surface area contributed by atoms with E-state index < -0.39 is 0 Å². The second-order valence-electron chi connectivity index (χ2n) is 3.49. The average Bonchev–Trinajstić information content (AvgIpc) is 2.00. The lowest BCUT2D eigenvalue weighted by molar-refractivity contribution is -0.134. The molecule has 3 heteroatoms. The lowest BCUT2D eigenvalue weighted by Crippen LogP contribution is -2.29. The average molecular weight is 171 g/mol. The summed E-state index contributed by atoms with van der Waals surface area (Å²) >= 11 is 0. The lowest BCUT2D eigenvalue weighted by atomic mass is 9.95. The van der Waals surface area contributed by atoms with Gasteiger partial charge in [-0.2, -0.15) is 0 Å². The third kappa shape index (κ3) is 3.22. The van der Waals surface area contributed by atoms with E-state index in [1.54, 1.807) is 0 Å². The van der Waals surface area contributed by atoms with Crippen molar-refractivity contribution in [3.63, 3.8) is 0 Å². The SMILES string of the molecule is NC1CCCCCC(OC=O)C1. The van der Waals surface area contributed by atoms with Gasteiger partial charge < -0.3 is 10.5 Å². The van der Waals surface area contributed by atoms with Crippen LogP contribution in [0.25, 0.3) is 0 Å². The summed E-state index contributed by atoms with van der Waals surface area (Å²) in [5.41, 5.74) is 5.83. The van der Waals surface area contributed by atoms with Gasteiger partial charge in [-0.05, 0) is 25.7 Å². The second-order valence-corrected chi connectivity index (χ2v) is 3.49. The van der Waals surface area contributed by atoms with Gasteiger partial charge in [0.05, 0.1) is 0 Å². The fourth-order valence-electron chi connectivity index (χ4n) is 1.73. The molecule has 12 heavy (non-hydrogen) atoms. The Bertz CT molecular complexity index is 138. The highest BCUT2D eigenvalue weighted by Crippen LogP contribution is 2.18. The van der Waals surface area contributed by atoms with E-state index in [4.69, 9.17) is 10.5 Å². The molecular weight excluding hydrogens is 154 g/mol. The quantitative estimate of drug-likeness (QED) is 0.635. The van der Waals surface area contributed by atoms with Crippen molar-refractivity contribution in [3.05, 3.63) is 0 Å².